The number of benzene rings is 1. The van der Waals surface area contributed by atoms with Gasteiger partial charge in [-0.25, -0.2) is 0 Å². The molecule has 1 amide bonds. The summed E-state index contributed by atoms with van der Waals surface area (Å²) in [4.78, 5) is 27.6. The fraction of sp³-hybridized carbons (Fsp3) is 0.583. The summed E-state index contributed by atoms with van der Waals surface area (Å²) in [5.41, 5.74) is 1.73. The van der Waals surface area contributed by atoms with Crippen LogP contribution in [0.1, 0.15) is 55.8 Å². The van der Waals surface area contributed by atoms with E-state index in [1.54, 1.807) is 0 Å². The molecule has 1 N–H and O–H groups in total. The van der Waals surface area contributed by atoms with E-state index < -0.39 is 0 Å². The summed E-state index contributed by atoms with van der Waals surface area (Å²) in [6.45, 7) is 6.36. The summed E-state index contributed by atoms with van der Waals surface area (Å²) in [6.07, 6.45) is 8.09. The van der Waals surface area contributed by atoms with Crippen LogP contribution in [0.5, 0.6) is 0 Å². The smallest absolute Gasteiger partial charge is 0.242 e. The molecule has 2 aliphatic heterocycles. The number of hydrogen-bond acceptors (Lipinski definition) is 3. The molecule has 1 aromatic carbocycles. The molecule has 0 atom stereocenters. The van der Waals surface area contributed by atoms with Gasteiger partial charge in [0.25, 0.3) is 0 Å². The van der Waals surface area contributed by atoms with Gasteiger partial charge in [-0.3, -0.25) is 9.59 Å². The zero-order valence-corrected chi connectivity index (χ0v) is 18.8. The van der Waals surface area contributed by atoms with Gasteiger partial charge in [-0.05, 0) is 63.1 Å². The number of ketones is 1. The number of nitrogens with zero attached hydrogens (tertiary/aromatic N) is 2. The molecule has 2 saturated heterocycles. The molecule has 2 fully saturated rings. The second-order valence-corrected chi connectivity index (χ2v) is 8.67. The van der Waals surface area contributed by atoms with E-state index in [-0.39, 0.29) is 24.1 Å². The van der Waals surface area contributed by atoms with Crippen LogP contribution in [0.25, 0.3) is 10.9 Å². The van der Waals surface area contributed by atoms with Gasteiger partial charge in [0.05, 0.1) is 0 Å². The van der Waals surface area contributed by atoms with Crippen molar-refractivity contribution in [1.82, 2.24) is 14.8 Å². The fourth-order valence-electron chi connectivity index (χ4n) is 5.14. The Morgan fingerprint density at radius 3 is 2.40 bits per heavy atom. The van der Waals surface area contributed by atoms with Crippen molar-refractivity contribution in [3.05, 3.63) is 36.0 Å². The lowest BCUT2D eigenvalue weighted by molar-refractivity contribution is -0.133. The number of rotatable bonds is 6. The summed E-state index contributed by atoms with van der Waals surface area (Å²) in [6, 6.07) is 7.93. The number of aromatic nitrogens is 1. The van der Waals surface area contributed by atoms with Gasteiger partial charge in [0.15, 0.2) is 5.78 Å². The highest BCUT2D eigenvalue weighted by Gasteiger charge is 2.29. The zero-order chi connectivity index (χ0) is 20.2. The lowest BCUT2D eigenvalue weighted by atomic mass is 9.79. The molecule has 0 spiro atoms. The third-order valence-corrected chi connectivity index (χ3v) is 6.81. The van der Waals surface area contributed by atoms with Gasteiger partial charge < -0.3 is 14.8 Å². The zero-order valence-electron chi connectivity index (χ0n) is 17.9. The molecule has 2 aliphatic rings. The number of Topliss-reactive ketones (excluding diaryl/α,β-unsaturated/α-hetero) is 1. The predicted octanol–water partition coefficient (Wildman–Crippen LogP) is 4.28. The molecule has 164 valence electrons. The van der Waals surface area contributed by atoms with Gasteiger partial charge in [0, 0.05) is 42.2 Å². The first-order valence-corrected chi connectivity index (χ1v) is 11.3. The number of amides is 1. The summed E-state index contributed by atoms with van der Waals surface area (Å²) >= 11 is 0. The van der Waals surface area contributed by atoms with Gasteiger partial charge in [-0.2, -0.15) is 0 Å². The van der Waals surface area contributed by atoms with Crippen LogP contribution in [0.3, 0.4) is 0 Å². The molecule has 4 rings (SSSR count). The number of piperidine rings is 2. The Kier molecular flexibility index (Phi) is 7.95. The minimum atomic E-state index is 0. The molecule has 2 aromatic rings. The first kappa shape index (κ1) is 22.8. The van der Waals surface area contributed by atoms with Gasteiger partial charge in [0.1, 0.15) is 6.54 Å². The van der Waals surface area contributed by atoms with Crippen molar-refractivity contribution in [3.63, 3.8) is 0 Å². The van der Waals surface area contributed by atoms with Crippen molar-refractivity contribution in [2.24, 2.45) is 11.8 Å². The average Bonchev–Trinajstić information content (AvgIpc) is 3.13. The molecule has 3 heterocycles. The molecule has 0 unspecified atom stereocenters. The van der Waals surface area contributed by atoms with E-state index in [1.165, 1.54) is 12.8 Å². The Balaban J connectivity index is 0.00000256. The lowest BCUT2D eigenvalue weighted by Crippen LogP contribution is -2.43. The molecule has 6 heteroatoms. The second-order valence-electron chi connectivity index (χ2n) is 8.67. The maximum absolute atomic E-state index is 13.0. The average molecular weight is 432 g/mol. The van der Waals surface area contributed by atoms with E-state index in [0.29, 0.717) is 13.0 Å². The highest BCUT2D eigenvalue weighted by atomic mass is 35.5. The Labute approximate surface area is 185 Å². The predicted molar refractivity (Wildman–Crippen MR) is 123 cm³/mol. The van der Waals surface area contributed by atoms with E-state index in [4.69, 9.17) is 0 Å². The number of fused-ring (bicyclic) bond motifs is 1. The molecule has 0 saturated carbocycles. The number of carbonyl (C=O) groups excluding carboxylic acids is 2. The second kappa shape index (κ2) is 10.5. The Hall–Kier alpha value is -1.85. The van der Waals surface area contributed by atoms with Crippen LogP contribution in [0.15, 0.2) is 30.5 Å². The highest BCUT2D eigenvalue weighted by molar-refractivity contribution is 6.08. The molecule has 1 aromatic heterocycles. The number of likely N-dealkylation sites (tertiary alicyclic amines) is 1. The monoisotopic (exact) mass is 431 g/mol. The van der Waals surface area contributed by atoms with Gasteiger partial charge in [-0.1, -0.05) is 25.1 Å². The molecule has 0 aliphatic carbocycles. The van der Waals surface area contributed by atoms with Crippen molar-refractivity contribution in [2.75, 3.05) is 26.2 Å². The van der Waals surface area contributed by atoms with Crippen molar-refractivity contribution in [3.8, 4) is 0 Å². The summed E-state index contributed by atoms with van der Waals surface area (Å²) in [5.74, 6) is 1.93. The Bertz CT molecular complexity index is 864. The normalized spacial score (nSPS) is 18.4. The van der Waals surface area contributed by atoms with Crippen LogP contribution < -0.4 is 5.32 Å². The van der Waals surface area contributed by atoms with E-state index in [1.807, 2.05) is 46.9 Å². The molecule has 30 heavy (non-hydrogen) atoms. The third-order valence-electron chi connectivity index (χ3n) is 6.81. The van der Waals surface area contributed by atoms with Crippen LogP contribution >= 0.6 is 12.4 Å². The quantitative estimate of drug-likeness (QED) is 0.694. The molecule has 0 bridgehead atoms. The number of halogens is 1. The maximum Gasteiger partial charge on any atom is 0.242 e. The van der Waals surface area contributed by atoms with E-state index in [9.17, 15) is 9.59 Å². The topological polar surface area (TPSA) is 54.3 Å². The summed E-state index contributed by atoms with van der Waals surface area (Å²) < 4.78 is 1.97. The first-order valence-electron chi connectivity index (χ1n) is 11.3. The first-order chi connectivity index (χ1) is 14.2. The van der Waals surface area contributed by atoms with Crippen LogP contribution in [0.2, 0.25) is 0 Å². The van der Waals surface area contributed by atoms with E-state index in [2.05, 4.69) is 5.32 Å². The molecule has 5 nitrogen and oxygen atoms in total. The van der Waals surface area contributed by atoms with Crippen molar-refractivity contribution < 1.29 is 9.59 Å². The number of hydrogen-bond donors (Lipinski definition) is 1. The lowest BCUT2D eigenvalue weighted by Gasteiger charge is -2.37. The minimum Gasteiger partial charge on any atom is -0.341 e. The third kappa shape index (κ3) is 4.89. The summed E-state index contributed by atoms with van der Waals surface area (Å²) in [5, 5.41) is 4.41. The van der Waals surface area contributed by atoms with Crippen molar-refractivity contribution in [2.45, 2.75) is 52.0 Å². The maximum atomic E-state index is 13.0. The van der Waals surface area contributed by atoms with Gasteiger partial charge in [0.2, 0.25) is 5.91 Å². The number of carbonyl (C=O) groups is 2. The van der Waals surface area contributed by atoms with Crippen molar-refractivity contribution in [1.29, 1.82) is 0 Å². The molecular weight excluding hydrogens is 398 g/mol. The van der Waals surface area contributed by atoms with Crippen molar-refractivity contribution >= 4 is 35.0 Å². The van der Waals surface area contributed by atoms with Crippen LogP contribution in [-0.2, 0) is 11.3 Å². The van der Waals surface area contributed by atoms with Gasteiger partial charge in [-0.15, -0.1) is 12.4 Å². The Morgan fingerprint density at radius 1 is 1.03 bits per heavy atom. The van der Waals surface area contributed by atoms with Crippen LogP contribution in [0, 0.1) is 11.8 Å². The number of nitrogens with one attached hydrogen (secondary N) is 1. The van der Waals surface area contributed by atoms with Crippen LogP contribution in [-0.4, -0.2) is 47.3 Å². The van der Waals surface area contributed by atoms with E-state index >= 15 is 0 Å². The minimum absolute atomic E-state index is 0. The Morgan fingerprint density at radius 2 is 1.70 bits per heavy atom. The SMILES string of the molecule is CCCC(=O)c1cn(CC(=O)N2CCC(C3CCNCC3)CC2)c2ccccc12.Cl. The largest absolute Gasteiger partial charge is 0.341 e. The fourth-order valence-corrected chi connectivity index (χ4v) is 5.14. The van der Waals surface area contributed by atoms with Gasteiger partial charge >= 0.3 is 0 Å². The number of para-hydroxylation sites is 1. The summed E-state index contributed by atoms with van der Waals surface area (Å²) in [7, 11) is 0. The van der Waals surface area contributed by atoms with E-state index in [0.717, 1.165) is 73.7 Å². The van der Waals surface area contributed by atoms with Crippen LogP contribution in [0.4, 0.5) is 0 Å². The molecular formula is C24H34ClN3O2. The highest BCUT2D eigenvalue weighted by Crippen LogP contribution is 2.31. The standard InChI is InChI=1S/C24H33N3O2.ClH/c1-2-5-23(28)21-16-27(22-7-4-3-6-20(21)22)17-24(29)26-14-10-19(11-15-26)18-8-12-25-13-9-18;/h3-4,6-7,16,18-19,25H,2,5,8-15,17H2,1H3;1H. The molecule has 0 radical (unpaired) electrons.